The zero-order chi connectivity index (χ0) is 19.8. The van der Waals surface area contributed by atoms with E-state index in [1.807, 2.05) is 13.0 Å². The summed E-state index contributed by atoms with van der Waals surface area (Å²) in [6.07, 6.45) is 2.19. The first-order chi connectivity index (χ1) is 13.6. The Labute approximate surface area is 196 Å². The number of nitrogens with one attached hydrogen (secondary N) is 1. The van der Waals surface area contributed by atoms with E-state index in [-0.39, 0.29) is 28.7 Å². The van der Waals surface area contributed by atoms with Crippen LogP contribution in [0.2, 0.25) is 0 Å². The number of ether oxygens (including phenoxy) is 1. The number of hydrogen-bond acceptors (Lipinski definition) is 6. The Kier molecular flexibility index (Phi) is 10.5. The molecule has 0 amide bonds. The highest BCUT2D eigenvalue weighted by atomic mass is 127. The normalized spacial score (nSPS) is 20.4. The predicted molar refractivity (Wildman–Crippen MR) is 130 cm³/mol. The van der Waals surface area contributed by atoms with Crippen molar-refractivity contribution in [3.63, 3.8) is 0 Å². The molecule has 2 saturated heterocycles. The van der Waals surface area contributed by atoms with Gasteiger partial charge < -0.3 is 19.5 Å². The molecule has 2 aliphatic heterocycles. The number of nitrogens with zero attached hydrogens (tertiary/aromatic N) is 4. The number of guanidine groups is 1. The molecular weight excluding hydrogens is 501 g/mol. The summed E-state index contributed by atoms with van der Waals surface area (Å²) in [5.41, 5.74) is 1.02. The van der Waals surface area contributed by atoms with Crippen molar-refractivity contribution in [3.05, 3.63) is 17.5 Å². The molecule has 166 valence electrons. The van der Waals surface area contributed by atoms with Crippen molar-refractivity contribution >= 4 is 41.7 Å². The molecule has 3 rings (SSSR count). The lowest BCUT2D eigenvalue weighted by Gasteiger charge is -2.38. The molecule has 0 saturated carbocycles. The zero-order valence-electron chi connectivity index (χ0n) is 18.0. The summed E-state index contributed by atoms with van der Waals surface area (Å²) in [5, 5.41) is 7.63. The van der Waals surface area contributed by atoms with E-state index in [0.717, 1.165) is 95.0 Å². The minimum atomic E-state index is 0. The summed E-state index contributed by atoms with van der Waals surface area (Å²) < 4.78 is 11.0. The highest BCUT2D eigenvalue weighted by Crippen LogP contribution is 2.35. The minimum absolute atomic E-state index is 0. The second kappa shape index (κ2) is 12.4. The molecule has 0 unspecified atom stereocenters. The molecule has 2 aliphatic rings. The second-order valence-electron chi connectivity index (χ2n) is 7.59. The third kappa shape index (κ3) is 7.29. The molecule has 0 spiro atoms. The molecular formula is C20H36IN5O2S. The van der Waals surface area contributed by atoms with Gasteiger partial charge in [-0.3, -0.25) is 9.89 Å². The van der Waals surface area contributed by atoms with Crippen LogP contribution in [0.5, 0.6) is 0 Å². The van der Waals surface area contributed by atoms with Gasteiger partial charge >= 0.3 is 0 Å². The number of piperazine rings is 1. The largest absolute Gasteiger partial charge is 0.381 e. The lowest BCUT2D eigenvalue weighted by Crippen LogP contribution is -2.52. The van der Waals surface area contributed by atoms with Crippen LogP contribution in [0.3, 0.4) is 0 Å². The fraction of sp³-hybridized carbons (Fsp3) is 0.800. The summed E-state index contributed by atoms with van der Waals surface area (Å²) in [5.74, 6) is 3.07. The van der Waals surface area contributed by atoms with Gasteiger partial charge in [0.1, 0.15) is 5.76 Å². The molecule has 7 nitrogen and oxygen atoms in total. The van der Waals surface area contributed by atoms with Crippen LogP contribution < -0.4 is 5.32 Å². The van der Waals surface area contributed by atoms with Gasteiger partial charge in [0.15, 0.2) is 5.96 Å². The number of aliphatic imine (C=N–C) groups is 1. The van der Waals surface area contributed by atoms with Crippen LogP contribution in [-0.4, -0.2) is 83.9 Å². The number of halogens is 1. The SMILES string of the molecule is CCNC(=NCC1(SCC)CCOCC1)N1CCN(Cc2cc(C)on2)CC1.I. The first kappa shape index (κ1) is 24.7. The highest BCUT2D eigenvalue weighted by molar-refractivity contribution is 14.0. The highest BCUT2D eigenvalue weighted by Gasteiger charge is 2.33. The van der Waals surface area contributed by atoms with Crippen LogP contribution in [-0.2, 0) is 11.3 Å². The second-order valence-corrected chi connectivity index (χ2v) is 9.32. The van der Waals surface area contributed by atoms with Gasteiger partial charge in [-0.25, -0.2) is 0 Å². The van der Waals surface area contributed by atoms with Gasteiger partial charge in [0.25, 0.3) is 0 Å². The summed E-state index contributed by atoms with van der Waals surface area (Å²) in [7, 11) is 0. The monoisotopic (exact) mass is 537 g/mol. The van der Waals surface area contributed by atoms with Gasteiger partial charge in [0.2, 0.25) is 0 Å². The van der Waals surface area contributed by atoms with Crippen molar-refractivity contribution in [3.8, 4) is 0 Å². The number of hydrogen-bond donors (Lipinski definition) is 1. The number of aryl methyl sites for hydroxylation is 1. The van der Waals surface area contributed by atoms with Crippen molar-refractivity contribution in [1.82, 2.24) is 20.3 Å². The number of aromatic nitrogens is 1. The van der Waals surface area contributed by atoms with Crippen molar-refractivity contribution < 1.29 is 9.26 Å². The van der Waals surface area contributed by atoms with Gasteiger partial charge in [0, 0.05) is 63.3 Å². The maximum atomic E-state index is 5.60. The fourth-order valence-corrected chi connectivity index (χ4v) is 5.11. The third-order valence-corrected chi connectivity index (χ3v) is 6.88. The number of thioether (sulfide) groups is 1. The lowest BCUT2D eigenvalue weighted by atomic mass is 9.99. The van der Waals surface area contributed by atoms with Gasteiger partial charge in [-0.1, -0.05) is 12.1 Å². The maximum absolute atomic E-state index is 5.60. The van der Waals surface area contributed by atoms with Crippen LogP contribution >= 0.6 is 35.7 Å². The molecule has 0 aromatic carbocycles. The molecule has 3 heterocycles. The average Bonchev–Trinajstić information content (AvgIpc) is 3.11. The zero-order valence-corrected chi connectivity index (χ0v) is 21.1. The molecule has 2 fully saturated rings. The van der Waals surface area contributed by atoms with Crippen LogP contribution in [0.4, 0.5) is 0 Å². The van der Waals surface area contributed by atoms with E-state index in [0.29, 0.717) is 0 Å². The topological polar surface area (TPSA) is 66.1 Å². The molecule has 1 N–H and O–H groups in total. The summed E-state index contributed by atoms with van der Waals surface area (Å²) in [4.78, 5) is 9.91. The molecule has 1 aromatic rings. The smallest absolute Gasteiger partial charge is 0.194 e. The summed E-state index contributed by atoms with van der Waals surface area (Å²) in [6, 6.07) is 2.02. The number of rotatable bonds is 7. The maximum Gasteiger partial charge on any atom is 0.194 e. The minimum Gasteiger partial charge on any atom is -0.381 e. The van der Waals surface area contributed by atoms with E-state index < -0.39 is 0 Å². The Bertz CT molecular complexity index is 623. The average molecular weight is 538 g/mol. The Morgan fingerprint density at radius 2 is 1.97 bits per heavy atom. The molecule has 1 aromatic heterocycles. The van der Waals surface area contributed by atoms with Crippen molar-refractivity contribution in [2.24, 2.45) is 4.99 Å². The van der Waals surface area contributed by atoms with E-state index in [2.05, 4.69) is 45.9 Å². The third-order valence-electron chi connectivity index (χ3n) is 5.44. The van der Waals surface area contributed by atoms with E-state index in [4.69, 9.17) is 14.3 Å². The van der Waals surface area contributed by atoms with Gasteiger partial charge in [-0.2, -0.15) is 11.8 Å². The van der Waals surface area contributed by atoms with E-state index in [1.165, 1.54) is 0 Å². The molecule has 9 heteroatoms. The van der Waals surface area contributed by atoms with E-state index in [1.54, 1.807) is 0 Å². The molecule has 0 bridgehead atoms. The van der Waals surface area contributed by atoms with Gasteiger partial charge in [-0.15, -0.1) is 24.0 Å². The van der Waals surface area contributed by atoms with E-state index >= 15 is 0 Å². The van der Waals surface area contributed by atoms with Crippen LogP contribution in [0.15, 0.2) is 15.6 Å². The molecule has 0 radical (unpaired) electrons. The molecule has 0 atom stereocenters. The van der Waals surface area contributed by atoms with E-state index in [9.17, 15) is 0 Å². The summed E-state index contributed by atoms with van der Waals surface area (Å²) >= 11 is 2.05. The van der Waals surface area contributed by atoms with Crippen molar-refractivity contribution in [2.75, 3.05) is 58.2 Å². The van der Waals surface area contributed by atoms with Crippen molar-refractivity contribution in [1.29, 1.82) is 0 Å². The fourth-order valence-electron chi connectivity index (χ4n) is 3.88. The molecule has 0 aliphatic carbocycles. The van der Waals surface area contributed by atoms with Crippen LogP contribution in [0.1, 0.15) is 38.1 Å². The Morgan fingerprint density at radius 1 is 1.24 bits per heavy atom. The standard InChI is InChI=1S/C20H35N5O2S.HI/c1-4-21-19(22-16-20(28-5-2)6-12-26-13-7-20)25-10-8-24(9-11-25)15-18-14-17(3)27-23-18;/h14H,4-13,15-16H2,1-3H3,(H,21,22);1H. The van der Waals surface area contributed by atoms with Crippen molar-refractivity contribution in [2.45, 2.75) is 44.9 Å². The Morgan fingerprint density at radius 3 is 2.55 bits per heavy atom. The first-order valence-electron chi connectivity index (χ1n) is 10.5. The van der Waals surface area contributed by atoms with Crippen LogP contribution in [0.25, 0.3) is 0 Å². The Hall–Kier alpha value is -0.520. The predicted octanol–water partition coefficient (Wildman–Crippen LogP) is 2.99. The van der Waals surface area contributed by atoms with Crippen LogP contribution in [0, 0.1) is 6.92 Å². The quantitative estimate of drug-likeness (QED) is 0.326. The van der Waals surface area contributed by atoms with Gasteiger partial charge in [-0.05, 0) is 32.4 Å². The first-order valence-corrected chi connectivity index (χ1v) is 11.5. The Balaban J connectivity index is 0.00000300. The summed E-state index contributed by atoms with van der Waals surface area (Å²) in [6.45, 7) is 14.7. The van der Waals surface area contributed by atoms with Gasteiger partial charge in [0.05, 0.1) is 12.2 Å². The molecule has 29 heavy (non-hydrogen) atoms. The lowest BCUT2D eigenvalue weighted by molar-refractivity contribution is 0.0792.